The van der Waals surface area contributed by atoms with Gasteiger partial charge in [0.15, 0.2) is 0 Å². The van der Waals surface area contributed by atoms with Gasteiger partial charge in [-0.15, -0.1) is 0 Å². The van der Waals surface area contributed by atoms with E-state index in [0.717, 1.165) is 36.9 Å². The van der Waals surface area contributed by atoms with Crippen molar-refractivity contribution in [3.63, 3.8) is 0 Å². The molecule has 2 fully saturated rings. The summed E-state index contributed by atoms with van der Waals surface area (Å²) in [5.74, 6) is -0.0179. The average Bonchev–Trinajstić information content (AvgIpc) is 3.59. The Hall–Kier alpha value is -2.82. The summed E-state index contributed by atoms with van der Waals surface area (Å²) >= 11 is 0. The molecule has 2 saturated carbocycles. The molecule has 0 aliphatic heterocycles. The van der Waals surface area contributed by atoms with E-state index in [1.54, 1.807) is 0 Å². The van der Waals surface area contributed by atoms with Crippen LogP contribution in [0.3, 0.4) is 0 Å². The van der Waals surface area contributed by atoms with Crippen molar-refractivity contribution >= 4 is 17.5 Å². The normalized spacial score (nSPS) is 17.6. The highest BCUT2D eigenvalue weighted by Crippen LogP contribution is 2.47. The highest BCUT2D eigenvalue weighted by Gasteiger charge is 2.44. The SMILES string of the molecule is Cc1cc(C(=O)NC2CCCCC2)ccc1NCC(=O)NCC1(c2ccccc2)CC1. The van der Waals surface area contributed by atoms with Gasteiger partial charge in [0.2, 0.25) is 5.91 Å². The van der Waals surface area contributed by atoms with Crippen molar-refractivity contribution in [2.24, 2.45) is 0 Å². The summed E-state index contributed by atoms with van der Waals surface area (Å²) in [6.45, 7) is 2.86. The van der Waals surface area contributed by atoms with Crippen molar-refractivity contribution in [3.8, 4) is 0 Å². The third-order valence-corrected chi connectivity index (χ3v) is 6.73. The number of carbonyl (C=O) groups is 2. The fourth-order valence-electron chi connectivity index (χ4n) is 4.53. The standard InChI is InChI=1S/C26H33N3O2/c1-19-16-20(25(31)29-22-10-6-3-7-11-22)12-13-23(19)27-17-24(30)28-18-26(14-15-26)21-8-4-2-5-9-21/h2,4-5,8-9,12-13,16,22,27H,3,6-7,10-11,14-15,17-18H2,1H3,(H,28,30)(H,29,31). The number of nitrogens with one attached hydrogen (secondary N) is 3. The minimum atomic E-state index is -0.0132. The second-order valence-corrected chi connectivity index (χ2v) is 9.11. The van der Waals surface area contributed by atoms with E-state index in [1.165, 1.54) is 24.8 Å². The lowest BCUT2D eigenvalue weighted by molar-refractivity contribution is -0.119. The number of hydrogen-bond acceptors (Lipinski definition) is 3. The second-order valence-electron chi connectivity index (χ2n) is 9.11. The van der Waals surface area contributed by atoms with Crippen LogP contribution in [0, 0.1) is 6.92 Å². The topological polar surface area (TPSA) is 70.2 Å². The summed E-state index contributed by atoms with van der Waals surface area (Å²) < 4.78 is 0. The first kappa shape index (κ1) is 21.4. The van der Waals surface area contributed by atoms with Gasteiger partial charge in [0.25, 0.3) is 5.91 Å². The van der Waals surface area contributed by atoms with Crippen molar-refractivity contribution in [1.29, 1.82) is 0 Å². The highest BCUT2D eigenvalue weighted by atomic mass is 16.2. The van der Waals surface area contributed by atoms with E-state index >= 15 is 0 Å². The molecule has 5 nitrogen and oxygen atoms in total. The van der Waals surface area contributed by atoms with E-state index in [1.807, 2.05) is 31.2 Å². The molecule has 3 N–H and O–H groups in total. The molecule has 2 aliphatic rings. The van der Waals surface area contributed by atoms with Gasteiger partial charge in [0.1, 0.15) is 0 Å². The predicted octanol–water partition coefficient (Wildman–Crippen LogP) is 4.32. The molecule has 2 amide bonds. The summed E-state index contributed by atoms with van der Waals surface area (Å²) in [5, 5.41) is 9.45. The van der Waals surface area contributed by atoms with E-state index in [0.29, 0.717) is 18.2 Å². The molecule has 4 rings (SSSR count). The number of aryl methyl sites for hydroxylation is 1. The molecule has 2 aliphatic carbocycles. The zero-order valence-electron chi connectivity index (χ0n) is 18.4. The minimum Gasteiger partial charge on any atom is -0.376 e. The van der Waals surface area contributed by atoms with Gasteiger partial charge in [-0.1, -0.05) is 49.6 Å². The van der Waals surface area contributed by atoms with E-state index in [4.69, 9.17) is 0 Å². The maximum atomic E-state index is 12.5. The Morgan fingerprint density at radius 3 is 2.42 bits per heavy atom. The van der Waals surface area contributed by atoms with Crippen LogP contribution in [0.25, 0.3) is 0 Å². The minimum absolute atomic E-state index is 0.00469. The van der Waals surface area contributed by atoms with Gasteiger partial charge in [-0.3, -0.25) is 9.59 Å². The van der Waals surface area contributed by atoms with E-state index < -0.39 is 0 Å². The molecule has 0 atom stereocenters. The molecule has 0 heterocycles. The van der Waals surface area contributed by atoms with E-state index in [-0.39, 0.29) is 23.8 Å². The van der Waals surface area contributed by atoms with Crippen LogP contribution in [-0.2, 0) is 10.2 Å². The van der Waals surface area contributed by atoms with Gasteiger partial charge in [-0.05, 0) is 61.9 Å². The fraction of sp³-hybridized carbons (Fsp3) is 0.462. The van der Waals surface area contributed by atoms with Crippen LogP contribution in [0.1, 0.15) is 66.4 Å². The van der Waals surface area contributed by atoms with Crippen LogP contribution in [0.5, 0.6) is 0 Å². The Kier molecular flexibility index (Phi) is 6.59. The maximum Gasteiger partial charge on any atom is 0.251 e. The fourth-order valence-corrected chi connectivity index (χ4v) is 4.53. The largest absolute Gasteiger partial charge is 0.376 e. The predicted molar refractivity (Wildman–Crippen MR) is 124 cm³/mol. The number of hydrogen-bond donors (Lipinski definition) is 3. The summed E-state index contributed by atoms with van der Waals surface area (Å²) in [6, 6.07) is 16.3. The smallest absolute Gasteiger partial charge is 0.251 e. The first-order valence-electron chi connectivity index (χ1n) is 11.5. The van der Waals surface area contributed by atoms with Gasteiger partial charge >= 0.3 is 0 Å². The number of anilines is 1. The molecular weight excluding hydrogens is 386 g/mol. The van der Waals surface area contributed by atoms with Gasteiger partial charge in [-0.2, -0.15) is 0 Å². The Balaban J connectivity index is 1.25. The molecule has 0 radical (unpaired) electrons. The van der Waals surface area contributed by atoms with E-state index in [9.17, 15) is 9.59 Å². The van der Waals surface area contributed by atoms with Crippen LogP contribution in [0.15, 0.2) is 48.5 Å². The summed E-state index contributed by atoms with van der Waals surface area (Å²) in [6.07, 6.45) is 8.05. The summed E-state index contributed by atoms with van der Waals surface area (Å²) in [5.41, 5.74) is 3.94. The quantitative estimate of drug-likeness (QED) is 0.597. The van der Waals surface area contributed by atoms with Crippen LogP contribution >= 0.6 is 0 Å². The molecule has 0 saturated heterocycles. The Morgan fingerprint density at radius 1 is 1.00 bits per heavy atom. The lowest BCUT2D eigenvalue weighted by atomic mass is 9.95. The number of amides is 2. The molecule has 2 aromatic carbocycles. The monoisotopic (exact) mass is 419 g/mol. The molecule has 0 bridgehead atoms. The Labute approximate surface area is 185 Å². The number of rotatable bonds is 8. The van der Waals surface area contributed by atoms with Crippen LogP contribution in [0.4, 0.5) is 5.69 Å². The molecular formula is C26H33N3O2. The highest BCUT2D eigenvalue weighted by molar-refractivity contribution is 5.95. The Bertz CT molecular complexity index is 916. The van der Waals surface area contributed by atoms with Gasteiger partial charge < -0.3 is 16.0 Å². The van der Waals surface area contributed by atoms with Gasteiger partial charge in [0, 0.05) is 29.3 Å². The zero-order chi connectivity index (χ0) is 21.7. The molecule has 164 valence electrons. The van der Waals surface area contributed by atoms with E-state index in [2.05, 4.69) is 40.2 Å². The number of carbonyl (C=O) groups excluding carboxylic acids is 2. The van der Waals surface area contributed by atoms with Gasteiger partial charge in [0.05, 0.1) is 6.54 Å². The maximum absolute atomic E-state index is 12.5. The average molecular weight is 420 g/mol. The van der Waals surface area contributed by atoms with Gasteiger partial charge in [-0.25, -0.2) is 0 Å². The van der Waals surface area contributed by atoms with Crippen molar-refractivity contribution in [2.75, 3.05) is 18.4 Å². The summed E-state index contributed by atoms with van der Waals surface area (Å²) in [7, 11) is 0. The first-order valence-corrected chi connectivity index (χ1v) is 11.5. The lowest BCUT2D eigenvalue weighted by Crippen LogP contribution is -2.36. The van der Waals surface area contributed by atoms with Crippen molar-refractivity contribution in [2.45, 2.75) is 63.3 Å². The molecule has 0 unspecified atom stereocenters. The first-order chi connectivity index (χ1) is 15.1. The number of benzene rings is 2. The molecule has 5 heteroatoms. The molecule has 2 aromatic rings. The Morgan fingerprint density at radius 2 is 1.74 bits per heavy atom. The van der Waals surface area contributed by atoms with Crippen LogP contribution < -0.4 is 16.0 Å². The third-order valence-electron chi connectivity index (χ3n) is 6.73. The zero-order valence-corrected chi connectivity index (χ0v) is 18.4. The second kappa shape index (κ2) is 9.54. The summed E-state index contributed by atoms with van der Waals surface area (Å²) in [4.78, 5) is 24.9. The lowest BCUT2D eigenvalue weighted by Gasteiger charge is -2.23. The van der Waals surface area contributed by atoms with Crippen LogP contribution in [0.2, 0.25) is 0 Å². The third kappa shape index (κ3) is 5.46. The van der Waals surface area contributed by atoms with Crippen molar-refractivity contribution in [1.82, 2.24) is 10.6 Å². The molecule has 0 aromatic heterocycles. The van der Waals surface area contributed by atoms with Crippen LogP contribution in [-0.4, -0.2) is 30.9 Å². The van der Waals surface area contributed by atoms with Crippen molar-refractivity contribution < 1.29 is 9.59 Å². The molecule has 0 spiro atoms. The molecule has 31 heavy (non-hydrogen) atoms. The van der Waals surface area contributed by atoms with Crippen molar-refractivity contribution in [3.05, 3.63) is 65.2 Å².